The molecule has 10 atom stereocenters. The fourth-order valence-corrected chi connectivity index (χ4v) is 11.8. The zero-order valence-electron chi connectivity index (χ0n) is 27.6. The molecule has 0 aromatic carbocycles. The molecule has 3 aliphatic carbocycles. The Morgan fingerprint density at radius 1 is 1.02 bits per heavy atom. The first-order valence-electron chi connectivity index (χ1n) is 15.6. The van der Waals surface area contributed by atoms with Gasteiger partial charge in [0.2, 0.25) is 0 Å². The van der Waals surface area contributed by atoms with E-state index in [1.807, 2.05) is 0 Å². The molecule has 1 spiro atoms. The van der Waals surface area contributed by atoms with Gasteiger partial charge in [-0.2, -0.15) is 0 Å². The lowest BCUT2D eigenvalue weighted by atomic mass is 9.46. The second-order valence-electron chi connectivity index (χ2n) is 16.8. The normalized spacial score (nSPS) is 42.4. The van der Waals surface area contributed by atoms with E-state index < -0.39 is 39.1 Å². The van der Waals surface area contributed by atoms with Crippen LogP contribution in [0.25, 0.3) is 0 Å². The van der Waals surface area contributed by atoms with Crippen LogP contribution in [0.3, 0.4) is 0 Å². The van der Waals surface area contributed by atoms with Crippen molar-refractivity contribution in [3.63, 3.8) is 0 Å². The Bertz CT molecular complexity index is 1170. The zero-order valence-corrected chi connectivity index (χ0v) is 30.3. The number of carbonyl (C=O) groups excluding carboxylic acids is 2. The van der Waals surface area contributed by atoms with Crippen LogP contribution in [0.5, 0.6) is 0 Å². The van der Waals surface area contributed by atoms with Crippen molar-refractivity contribution in [3.8, 4) is 0 Å². The summed E-state index contributed by atoms with van der Waals surface area (Å²) in [4.78, 5) is 27.6. The minimum absolute atomic E-state index is 0.00425. The average molecular weight is 625 g/mol. The molecule has 0 N–H and O–H groups in total. The third-order valence-corrected chi connectivity index (χ3v) is 22.4. The summed E-state index contributed by atoms with van der Waals surface area (Å²) in [6, 6.07) is 0. The molecule has 4 fully saturated rings. The van der Waals surface area contributed by atoms with E-state index in [-0.39, 0.29) is 57.7 Å². The average Bonchev–Trinajstić information content (AvgIpc) is 3.26. The summed E-state index contributed by atoms with van der Waals surface area (Å²) in [7, 11) is -3.12. The number of ketones is 1. The fraction of sp³-hybridized carbons (Fsp3) is 0.875. The maximum Gasteiger partial charge on any atom is 0.312 e. The SMILES string of the molecule is COC(=O)[C@]12CC[C@H]3CC(=O)[C@H]4O[C@]35C(=C4C)[C@H](O[Si](C)(C)C(C)(C)C)[C@H]([C@H](O[Si](C)(C)C(C)(C)C)[C@@H](Cl)[C@H]1C)[C@H]25. The summed E-state index contributed by atoms with van der Waals surface area (Å²) in [6.45, 7) is 26.8. The number of hydrogen-bond donors (Lipinski definition) is 0. The molecule has 2 bridgehead atoms. The maximum atomic E-state index is 14.2. The molecule has 0 amide bonds. The minimum atomic E-state index is -2.33. The number of Topliss-reactive ketones (excluding diaryl/α,β-unsaturated/α-hetero) is 1. The van der Waals surface area contributed by atoms with Crippen molar-refractivity contribution >= 4 is 40.0 Å². The van der Waals surface area contributed by atoms with Crippen molar-refractivity contribution in [3.05, 3.63) is 11.1 Å². The lowest BCUT2D eigenvalue weighted by Crippen LogP contribution is -2.70. The Labute approximate surface area is 254 Å². The molecule has 3 saturated carbocycles. The fourth-order valence-electron chi connectivity index (χ4n) is 8.68. The van der Waals surface area contributed by atoms with Crippen molar-refractivity contribution < 1.29 is 27.9 Å². The molecule has 232 valence electrons. The van der Waals surface area contributed by atoms with Gasteiger partial charge < -0.3 is 18.3 Å². The van der Waals surface area contributed by atoms with Crippen LogP contribution in [-0.2, 0) is 27.9 Å². The molecule has 0 aromatic rings. The van der Waals surface area contributed by atoms with Gasteiger partial charge in [-0.25, -0.2) is 0 Å². The summed E-state index contributed by atoms with van der Waals surface area (Å²) in [5.41, 5.74) is 0.517. The van der Waals surface area contributed by atoms with Crippen LogP contribution < -0.4 is 0 Å². The summed E-state index contributed by atoms with van der Waals surface area (Å²) < 4.78 is 27.5. The van der Waals surface area contributed by atoms with E-state index in [4.69, 9.17) is 29.9 Å². The Balaban J connectivity index is 1.80. The van der Waals surface area contributed by atoms with Crippen LogP contribution in [0.15, 0.2) is 11.1 Å². The van der Waals surface area contributed by atoms with Gasteiger partial charge in [-0.05, 0) is 79.0 Å². The molecule has 0 unspecified atom stereocenters. The summed E-state index contributed by atoms with van der Waals surface area (Å²) in [5.74, 6) is -0.669. The van der Waals surface area contributed by atoms with Gasteiger partial charge in [0.15, 0.2) is 22.4 Å². The highest BCUT2D eigenvalue weighted by Gasteiger charge is 2.81. The van der Waals surface area contributed by atoms with E-state index in [0.29, 0.717) is 12.8 Å². The van der Waals surface area contributed by atoms with Gasteiger partial charge in [0.05, 0.1) is 30.1 Å². The Morgan fingerprint density at radius 2 is 1.59 bits per heavy atom. The second-order valence-corrected chi connectivity index (χ2v) is 26.8. The smallest absolute Gasteiger partial charge is 0.312 e. The number of alkyl halides is 1. The van der Waals surface area contributed by atoms with Gasteiger partial charge in [0.25, 0.3) is 0 Å². The third kappa shape index (κ3) is 4.09. The first kappa shape index (κ1) is 31.9. The van der Waals surface area contributed by atoms with E-state index in [2.05, 4.69) is 81.6 Å². The standard InChI is InChI=1S/C32H53ClO6Si2/c1-17-22-25(38-40(10,11)29(3,4)5)21-26(39-41(12,13)30(6,7)8)23(33)18(2)31(28(35)36-9)15-14-19-16-20(34)24(17)37-32(19,22)27(21)31/h18-19,21,23-27H,14-16H2,1-13H3/t18-,19+,21-,23+,24+,25-,26+,27-,31-,32+/m1/s1. The number of hydrogen-bond acceptors (Lipinski definition) is 6. The Hall–Kier alpha value is -0.516. The highest BCUT2D eigenvalue weighted by atomic mass is 35.5. The molecular formula is C32H53ClO6Si2. The topological polar surface area (TPSA) is 71.1 Å². The number of carbonyl (C=O) groups is 2. The number of ether oxygens (including phenoxy) is 2. The van der Waals surface area contributed by atoms with Crippen LogP contribution in [0.1, 0.15) is 74.7 Å². The van der Waals surface area contributed by atoms with E-state index in [9.17, 15) is 9.59 Å². The lowest BCUT2D eigenvalue weighted by Gasteiger charge is -2.62. The third-order valence-electron chi connectivity index (χ3n) is 12.9. The van der Waals surface area contributed by atoms with E-state index in [0.717, 1.165) is 17.6 Å². The second kappa shape index (κ2) is 9.49. The van der Waals surface area contributed by atoms with Crippen LogP contribution in [0, 0.1) is 29.1 Å². The molecule has 5 aliphatic rings. The van der Waals surface area contributed by atoms with Crippen LogP contribution in [-0.4, -0.2) is 64.8 Å². The largest absolute Gasteiger partial charge is 0.469 e. The monoisotopic (exact) mass is 624 g/mol. The molecule has 0 radical (unpaired) electrons. The highest BCUT2D eigenvalue weighted by Crippen LogP contribution is 2.74. The molecule has 6 nitrogen and oxygen atoms in total. The first-order valence-corrected chi connectivity index (χ1v) is 21.8. The summed E-state index contributed by atoms with van der Waals surface area (Å²) in [5, 5.41) is -0.451. The summed E-state index contributed by atoms with van der Waals surface area (Å²) in [6.07, 6.45) is 0.622. The van der Waals surface area contributed by atoms with Gasteiger partial charge in [-0.15, -0.1) is 11.6 Å². The molecule has 1 saturated heterocycles. The molecule has 2 heterocycles. The van der Waals surface area contributed by atoms with Crippen LogP contribution in [0.4, 0.5) is 0 Å². The first-order chi connectivity index (χ1) is 18.6. The molecule has 9 heteroatoms. The molecule has 2 aliphatic heterocycles. The minimum Gasteiger partial charge on any atom is -0.469 e. The van der Waals surface area contributed by atoms with Gasteiger partial charge in [-0.3, -0.25) is 9.59 Å². The lowest BCUT2D eigenvalue weighted by molar-refractivity contribution is -0.230. The molecule has 41 heavy (non-hydrogen) atoms. The van der Waals surface area contributed by atoms with E-state index in [1.54, 1.807) is 0 Å². The van der Waals surface area contributed by atoms with Crippen molar-refractivity contribution in [1.82, 2.24) is 0 Å². The van der Waals surface area contributed by atoms with E-state index in [1.165, 1.54) is 7.11 Å². The predicted octanol–water partition coefficient (Wildman–Crippen LogP) is 7.27. The number of esters is 1. The number of halogens is 1. The maximum absolute atomic E-state index is 14.2. The quantitative estimate of drug-likeness (QED) is 0.139. The number of methoxy groups -OCH3 is 1. The van der Waals surface area contributed by atoms with Gasteiger partial charge in [0.1, 0.15) is 11.7 Å². The van der Waals surface area contributed by atoms with Crippen LogP contribution >= 0.6 is 11.6 Å². The van der Waals surface area contributed by atoms with Crippen molar-refractivity contribution in [2.24, 2.45) is 29.1 Å². The van der Waals surface area contributed by atoms with Crippen LogP contribution in [0.2, 0.25) is 36.3 Å². The number of fused-ring (bicyclic) bond motifs is 1. The predicted molar refractivity (Wildman–Crippen MR) is 167 cm³/mol. The van der Waals surface area contributed by atoms with Crippen molar-refractivity contribution in [1.29, 1.82) is 0 Å². The highest BCUT2D eigenvalue weighted by molar-refractivity contribution is 6.74. The Morgan fingerprint density at radius 3 is 2.12 bits per heavy atom. The summed E-state index contributed by atoms with van der Waals surface area (Å²) >= 11 is 7.55. The van der Waals surface area contributed by atoms with Gasteiger partial charge >= 0.3 is 5.97 Å². The molecular weight excluding hydrogens is 572 g/mol. The zero-order chi connectivity index (χ0) is 30.9. The number of rotatable bonds is 5. The molecule has 5 rings (SSSR count). The van der Waals surface area contributed by atoms with Gasteiger partial charge in [0, 0.05) is 18.3 Å². The molecule has 0 aromatic heterocycles. The van der Waals surface area contributed by atoms with Crippen molar-refractivity contribution in [2.75, 3.05) is 7.11 Å². The Kier molecular flexibility index (Phi) is 7.38. The van der Waals surface area contributed by atoms with E-state index >= 15 is 0 Å². The van der Waals surface area contributed by atoms with Gasteiger partial charge in [-0.1, -0.05) is 48.5 Å². The van der Waals surface area contributed by atoms with Crippen molar-refractivity contribution in [2.45, 2.75) is 140 Å².